The van der Waals surface area contributed by atoms with Gasteiger partial charge in [0.2, 0.25) is 0 Å². The van der Waals surface area contributed by atoms with E-state index in [2.05, 4.69) is 11.7 Å². The summed E-state index contributed by atoms with van der Waals surface area (Å²) in [7, 11) is 0. The van der Waals surface area contributed by atoms with Crippen molar-refractivity contribution in [3.8, 4) is 0 Å². The zero-order chi connectivity index (χ0) is 7.11. The molecule has 0 spiro atoms. The van der Waals surface area contributed by atoms with Crippen LogP contribution in [-0.4, -0.2) is 5.97 Å². The summed E-state index contributed by atoms with van der Waals surface area (Å²) < 4.78 is 4.58. The first-order valence-electron chi connectivity index (χ1n) is 3.26. The van der Waals surface area contributed by atoms with Crippen molar-refractivity contribution in [3.05, 3.63) is 6.61 Å². The Morgan fingerprint density at radius 3 is 2.78 bits per heavy atom. The Hall–Kier alpha value is -0.530. The Labute approximate surface area is 56.2 Å². The molecule has 9 heavy (non-hydrogen) atoms. The second-order valence-electron chi connectivity index (χ2n) is 1.92. The van der Waals surface area contributed by atoms with Crippen LogP contribution in [0.4, 0.5) is 0 Å². The van der Waals surface area contributed by atoms with Gasteiger partial charge in [0.15, 0.2) is 0 Å². The molecular weight excluding hydrogens is 116 g/mol. The Balaban J connectivity index is 2.83. The molecule has 0 unspecified atom stereocenters. The number of hydrogen-bond donors (Lipinski definition) is 0. The number of hydrogen-bond acceptors (Lipinski definition) is 2. The monoisotopic (exact) mass is 129 g/mol. The van der Waals surface area contributed by atoms with Gasteiger partial charge in [0.1, 0.15) is 6.61 Å². The molecule has 0 saturated heterocycles. The van der Waals surface area contributed by atoms with E-state index in [-0.39, 0.29) is 5.97 Å². The lowest BCUT2D eigenvalue weighted by Gasteiger charge is -1.96. The highest BCUT2D eigenvalue weighted by atomic mass is 16.5. The van der Waals surface area contributed by atoms with E-state index >= 15 is 0 Å². The van der Waals surface area contributed by atoms with Crippen LogP contribution in [0.5, 0.6) is 0 Å². The lowest BCUT2D eigenvalue weighted by molar-refractivity contribution is -0.137. The highest BCUT2D eigenvalue weighted by Gasteiger charge is 1.90. The normalized spacial score (nSPS) is 9.11. The fourth-order valence-corrected chi connectivity index (χ4v) is 0.464. The number of carbonyl (C=O) groups is 1. The zero-order valence-electron chi connectivity index (χ0n) is 6.02. The Kier molecular flexibility index (Phi) is 5.27. The van der Waals surface area contributed by atoms with Gasteiger partial charge in [-0.25, -0.2) is 0 Å². The molecule has 0 aromatic heterocycles. The van der Waals surface area contributed by atoms with E-state index in [9.17, 15) is 4.79 Å². The minimum Gasteiger partial charge on any atom is -0.459 e. The number of carbonyl (C=O) groups excluding carboxylic acids is 1. The molecule has 0 aromatic rings. The molecule has 0 aromatic carbocycles. The fourth-order valence-electron chi connectivity index (χ4n) is 0.464. The molecule has 0 saturated carbocycles. The standard InChI is InChI=1S/C7H13O2/c1-3-4-5-6-9-7(2)8/h6H,3-5H2,1-2H3. The first kappa shape index (κ1) is 8.47. The number of unbranched alkanes of at least 4 members (excludes halogenated alkanes) is 2. The van der Waals surface area contributed by atoms with Gasteiger partial charge < -0.3 is 4.74 Å². The minimum atomic E-state index is -0.230. The van der Waals surface area contributed by atoms with Gasteiger partial charge in [-0.3, -0.25) is 4.79 Å². The predicted octanol–water partition coefficient (Wildman–Crippen LogP) is 1.90. The molecule has 0 aliphatic rings. The number of esters is 1. The summed E-state index contributed by atoms with van der Waals surface area (Å²) in [5.41, 5.74) is 0. The van der Waals surface area contributed by atoms with Crippen LogP contribution in [0.2, 0.25) is 0 Å². The van der Waals surface area contributed by atoms with Gasteiger partial charge in [0.25, 0.3) is 0 Å². The van der Waals surface area contributed by atoms with E-state index in [0.29, 0.717) is 0 Å². The van der Waals surface area contributed by atoms with Crippen LogP contribution in [0, 0.1) is 6.61 Å². The highest BCUT2D eigenvalue weighted by molar-refractivity contribution is 5.66. The van der Waals surface area contributed by atoms with E-state index in [1.165, 1.54) is 6.92 Å². The van der Waals surface area contributed by atoms with E-state index < -0.39 is 0 Å². The molecule has 1 radical (unpaired) electrons. The molecule has 0 heterocycles. The molecule has 0 aliphatic carbocycles. The molecule has 2 heteroatoms. The van der Waals surface area contributed by atoms with Crippen LogP contribution in [0.3, 0.4) is 0 Å². The van der Waals surface area contributed by atoms with E-state index in [0.717, 1.165) is 19.3 Å². The first-order chi connectivity index (χ1) is 4.27. The summed E-state index contributed by atoms with van der Waals surface area (Å²) >= 11 is 0. The maximum Gasteiger partial charge on any atom is 0.303 e. The second-order valence-corrected chi connectivity index (χ2v) is 1.92. The van der Waals surface area contributed by atoms with Gasteiger partial charge >= 0.3 is 5.97 Å². The van der Waals surface area contributed by atoms with Crippen molar-refractivity contribution in [1.29, 1.82) is 0 Å². The summed E-state index contributed by atoms with van der Waals surface area (Å²) in [6, 6.07) is 0. The molecule has 0 atom stereocenters. The SMILES string of the molecule is CCCC[CH]OC(C)=O. The third kappa shape index (κ3) is 7.47. The summed E-state index contributed by atoms with van der Waals surface area (Å²) in [6.07, 6.45) is 3.10. The second kappa shape index (κ2) is 5.60. The molecule has 0 rings (SSSR count). The number of rotatable bonds is 4. The van der Waals surface area contributed by atoms with Crippen LogP contribution < -0.4 is 0 Å². The summed E-state index contributed by atoms with van der Waals surface area (Å²) in [5.74, 6) is -0.230. The molecule has 0 amide bonds. The highest BCUT2D eigenvalue weighted by Crippen LogP contribution is 1.97. The zero-order valence-corrected chi connectivity index (χ0v) is 6.02. The summed E-state index contributed by atoms with van der Waals surface area (Å²) in [4.78, 5) is 10.2. The van der Waals surface area contributed by atoms with Gasteiger partial charge in [-0.15, -0.1) is 0 Å². The average Bonchev–Trinajstić information content (AvgIpc) is 1.80. The van der Waals surface area contributed by atoms with Gasteiger partial charge in [0.05, 0.1) is 0 Å². The molecule has 0 fully saturated rings. The minimum absolute atomic E-state index is 0.230. The Morgan fingerprint density at radius 1 is 1.67 bits per heavy atom. The molecular formula is C7H13O2. The van der Waals surface area contributed by atoms with Crippen LogP contribution in [-0.2, 0) is 9.53 Å². The third-order valence-electron chi connectivity index (χ3n) is 0.925. The quantitative estimate of drug-likeness (QED) is 0.428. The largest absolute Gasteiger partial charge is 0.459 e. The summed E-state index contributed by atoms with van der Waals surface area (Å²) in [6.45, 7) is 5.07. The van der Waals surface area contributed by atoms with Crippen molar-refractivity contribution in [3.63, 3.8) is 0 Å². The van der Waals surface area contributed by atoms with Crippen LogP contribution in [0.15, 0.2) is 0 Å². The van der Waals surface area contributed by atoms with Crippen molar-refractivity contribution in [2.24, 2.45) is 0 Å². The van der Waals surface area contributed by atoms with Crippen LogP contribution >= 0.6 is 0 Å². The van der Waals surface area contributed by atoms with Crippen molar-refractivity contribution in [1.82, 2.24) is 0 Å². The van der Waals surface area contributed by atoms with E-state index in [1.807, 2.05) is 0 Å². The number of ether oxygens (including phenoxy) is 1. The fraction of sp³-hybridized carbons (Fsp3) is 0.714. The molecule has 0 N–H and O–H groups in total. The molecule has 2 nitrogen and oxygen atoms in total. The smallest absolute Gasteiger partial charge is 0.303 e. The van der Waals surface area contributed by atoms with Crippen molar-refractivity contribution in [2.75, 3.05) is 0 Å². The predicted molar refractivity (Wildman–Crippen MR) is 35.6 cm³/mol. The van der Waals surface area contributed by atoms with E-state index in [4.69, 9.17) is 0 Å². The van der Waals surface area contributed by atoms with E-state index in [1.54, 1.807) is 6.61 Å². The Morgan fingerprint density at radius 2 is 2.33 bits per heavy atom. The molecule has 53 valence electrons. The van der Waals surface area contributed by atoms with Gasteiger partial charge in [-0.05, 0) is 12.8 Å². The third-order valence-corrected chi connectivity index (χ3v) is 0.925. The lowest BCUT2D eigenvalue weighted by Crippen LogP contribution is -1.94. The van der Waals surface area contributed by atoms with Gasteiger partial charge in [-0.1, -0.05) is 13.3 Å². The average molecular weight is 129 g/mol. The van der Waals surface area contributed by atoms with Crippen LogP contribution in [0.1, 0.15) is 33.1 Å². The maximum absolute atomic E-state index is 10.2. The van der Waals surface area contributed by atoms with Crippen LogP contribution in [0.25, 0.3) is 0 Å². The maximum atomic E-state index is 10.2. The topological polar surface area (TPSA) is 26.3 Å². The Bertz CT molecular complexity index is 79.0. The lowest BCUT2D eigenvalue weighted by atomic mass is 10.3. The molecule has 0 aliphatic heterocycles. The van der Waals surface area contributed by atoms with Gasteiger partial charge in [0, 0.05) is 6.92 Å². The van der Waals surface area contributed by atoms with Crippen molar-refractivity contribution >= 4 is 5.97 Å². The summed E-state index contributed by atoms with van der Waals surface area (Å²) in [5, 5.41) is 0. The molecule has 0 bridgehead atoms. The van der Waals surface area contributed by atoms with Gasteiger partial charge in [-0.2, -0.15) is 0 Å². The van der Waals surface area contributed by atoms with Crippen molar-refractivity contribution in [2.45, 2.75) is 33.1 Å². The first-order valence-corrected chi connectivity index (χ1v) is 3.26. The van der Waals surface area contributed by atoms with Crippen molar-refractivity contribution < 1.29 is 9.53 Å².